The molecule has 0 spiro atoms. The Morgan fingerprint density at radius 2 is 1.74 bits per heavy atom. The molecule has 0 saturated heterocycles. The van der Waals surface area contributed by atoms with Crippen LogP contribution in [0.5, 0.6) is 0 Å². The molecule has 0 aliphatic carbocycles. The maximum Gasteiger partial charge on any atom is 0.123 e. The van der Waals surface area contributed by atoms with Crippen molar-refractivity contribution < 1.29 is 4.39 Å². The molecule has 0 fully saturated rings. The zero-order valence-corrected chi connectivity index (χ0v) is 11.1. The molecule has 2 heteroatoms. The first kappa shape index (κ1) is 13.3. The van der Waals surface area contributed by atoms with Crippen molar-refractivity contribution in [3.63, 3.8) is 0 Å². The first-order valence-electron chi connectivity index (χ1n) is 6.38. The third-order valence-electron chi connectivity index (χ3n) is 3.07. The van der Waals surface area contributed by atoms with E-state index in [2.05, 4.69) is 43.1 Å². The fourth-order valence-corrected chi connectivity index (χ4v) is 1.99. The summed E-state index contributed by atoms with van der Waals surface area (Å²) < 4.78 is 12.9. The number of rotatable bonds is 5. The van der Waals surface area contributed by atoms with Gasteiger partial charge >= 0.3 is 0 Å². The Labute approximate surface area is 113 Å². The second-order valence-electron chi connectivity index (χ2n) is 4.64. The van der Waals surface area contributed by atoms with Crippen LogP contribution >= 0.6 is 0 Å². The molecule has 1 unspecified atom stereocenters. The highest BCUT2D eigenvalue weighted by Crippen LogP contribution is 2.23. The summed E-state index contributed by atoms with van der Waals surface area (Å²) in [5.74, 6) is -0.221. The SMILES string of the molecule is C=CCC(Nc1ccc(F)cc1)c1ccc(C)cc1. The Kier molecular flexibility index (Phi) is 4.35. The molecule has 0 aliphatic heterocycles. The summed E-state index contributed by atoms with van der Waals surface area (Å²) in [4.78, 5) is 0. The van der Waals surface area contributed by atoms with Crippen LogP contribution in [0.1, 0.15) is 23.6 Å². The van der Waals surface area contributed by atoms with Crippen molar-refractivity contribution in [3.05, 3.63) is 78.1 Å². The molecule has 1 nitrogen and oxygen atoms in total. The molecule has 2 rings (SSSR count). The van der Waals surface area contributed by atoms with Crippen molar-refractivity contribution in [2.24, 2.45) is 0 Å². The van der Waals surface area contributed by atoms with Gasteiger partial charge in [-0.1, -0.05) is 35.9 Å². The summed E-state index contributed by atoms with van der Waals surface area (Å²) in [6.07, 6.45) is 2.71. The highest BCUT2D eigenvalue weighted by atomic mass is 19.1. The molecular formula is C17H18FN. The van der Waals surface area contributed by atoms with Crippen molar-refractivity contribution in [1.29, 1.82) is 0 Å². The maximum atomic E-state index is 12.9. The van der Waals surface area contributed by atoms with Gasteiger partial charge in [0.1, 0.15) is 5.82 Å². The topological polar surface area (TPSA) is 12.0 Å². The van der Waals surface area contributed by atoms with E-state index in [0.29, 0.717) is 0 Å². The summed E-state index contributed by atoms with van der Waals surface area (Å²) in [5, 5.41) is 3.40. The average molecular weight is 255 g/mol. The third kappa shape index (κ3) is 3.68. The van der Waals surface area contributed by atoms with Gasteiger partial charge in [-0.15, -0.1) is 6.58 Å². The third-order valence-corrected chi connectivity index (χ3v) is 3.07. The van der Waals surface area contributed by atoms with Gasteiger partial charge in [-0.25, -0.2) is 4.39 Å². The first-order chi connectivity index (χ1) is 9.19. The second-order valence-corrected chi connectivity index (χ2v) is 4.64. The van der Waals surface area contributed by atoms with Crippen LogP contribution in [-0.2, 0) is 0 Å². The molecule has 0 saturated carbocycles. The van der Waals surface area contributed by atoms with Crippen LogP contribution < -0.4 is 5.32 Å². The fraction of sp³-hybridized carbons (Fsp3) is 0.176. The van der Waals surface area contributed by atoms with Crippen LogP contribution in [0.15, 0.2) is 61.2 Å². The molecule has 2 aromatic carbocycles. The van der Waals surface area contributed by atoms with Crippen LogP contribution in [0.3, 0.4) is 0 Å². The summed E-state index contributed by atoms with van der Waals surface area (Å²) in [7, 11) is 0. The van der Waals surface area contributed by atoms with Gasteiger partial charge in [-0.2, -0.15) is 0 Å². The van der Waals surface area contributed by atoms with Gasteiger partial charge in [-0.3, -0.25) is 0 Å². The lowest BCUT2D eigenvalue weighted by molar-refractivity contribution is 0.628. The Hall–Kier alpha value is -2.09. The van der Waals surface area contributed by atoms with E-state index >= 15 is 0 Å². The van der Waals surface area contributed by atoms with Crippen molar-refractivity contribution in [2.45, 2.75) is 19.4 Å². The van der Waals surface area contributed by atoms with Gasteiger partial charge < -0.3 is 5.32 Å². The molecule has 0 radical (unpaired) electrons. The van der Waals surface area contributed by atoms with Crippen LogP contribution in [0.2, 0.25) is 0 Å². The summed E-state index contributed by atoms with van der Waals surface area (Å²) >= 11 is 0. The number of hydrogen-bond acceptors (Lipinski definition) is 1. The zero-order valence-electron chi connectivity index (χ0n) is 11.1. The summed E-state index contributed by atoms with van der Waals surface area (Å²) in [5.41, 5.74) is 3.35. The van der Waals surface area contributed by atoms with Crippen molar-refractivity contribution in [3.8, 4) is 0 Å². The number of nitrogens with one attached hydrogen (secondary N) is 1. The molecule has 0 heterocycles. The number of halogens is 1. The maximum absolute atomic E-state index is 12.9. The van der Waals surface area contributed by atoms with Crippen LogP contribution in [-0.4, -0.2) is 0 Å². The molecule has 98 valence electrons. The van der Waals surface area contributed by atoms with Crippen molar-refractivity contribution in [2.75, 3.05) is 5.32 Å². The van der Waals surface area contributed by atoms with E-state index in [1.54, 1.807) is 12.1 Å². The molecule has 19 heavy (non-hydrogen) atoms. The summed E-state index contributed by atoms with van der Waals surface area (Å²) in [6.45, 7) is 5.87. The number of benzene rings is 2. The molecule has 1 N–H and O–H groups in total. The minimum atomic E-state index is -0.221. The van der Waals surface area contributed by atoms with Crippen LogP contribution in [0.4, 0.5) is 10.1 Å². The predicted octanol–water partition coefficient (Wildman–Crippen LogP) is 4.86. The fourth-order valence-electron chi connectivity index (χ4n) is 1.99. The first-order valence-corrected chi connectivity index (χ1v) is 6.38. The van der Waals surface area contributed by atoms with E-state index in [4.69, 9.17) is 0 Å². The van der Waals surface area contributed by atoms with Crippen LogP contribution in [0.25, 0.3) is 0 Å². The molecule has 1 atom stereocenters. The van der Waals surface area contributed by atoms with Gasteiger partial charge in [-0.05, 0) is 43.2 Å². The quantitative estimate of drug-likeness (QED) is 0.752. The van der Waals surface area contributed by atoms with Crippen molar-refractivity contribution >= 4 is 5.69 Å². The minimum absolute atomic E-state index is 0.156. The smallest absolute Gasteiger partial charge is 0.123 e. The molecule has 0 bridgehead atoms. The summed E-state index contributed by atoms with van der Waals surface area (Å²) in [6, 6.07) is 15.0. The monoisotopic (exact) mass is 255 g/mol. The van der Waals surface area contributed by atoms with Crippen molar-refractivity contribution in [1.82, 2.24) is 0 Å². The Morgan fingerprint density at radius 1 is 1.11 bits per heavy atom. The largest absolute Gasteiger partial charge is 0.378 e. The minimum Gasteiger partial charge on any atom is -0.378 e. The molecule has 0 amide bonds. The van der Waals surface area contributed by atoms with Gasteiger partial charge in [0.25, 0.3) is 0 Å². The molecule has 0 aliphatic rings. The van der Waals surface area contributed by atoms with Gasteiger partial charge in [0.2, 0.25) is 0 Å². The number of aryl methyl sites for hydroxylation is 1. The van der Waals surface area contributed by atoms with E-state index < -0.39 is 0 Å². The average Bonchev–Trinajstić information content (AvgIpc) is 2.42. The lowest BCUT2D eigenvalue weighted by Crippen LogP contribution is -2.09. The number of hydrogen-bond donors (Lipinski definition) is 1. The van der Waals surface area contributed by atoms with E-state index in [-0.39, 0.29) is 11.9 Å². The second kappa shape index (κ2) is 6.19. The standard InChI is InChI=1S/C17H18FN/c1-3-4-17(14-7-5-13(2)6-8-14)19-16-11-9-15(18)10-12-16/h3,5-12,17,19H,1,4H2,2H3. The zero-order chi connectivity index (χ0) is 13.7. The van der Waals surface area contributed by atoms with E-state index in [1.807, 2.05) is 6.08 Å². The number of anilines is 1. The van der Waals surface area contributed by atoms with E-state index in [9.17, 15) is 4.39 Å². The van der Waals surface area contributed by atoms with E-state index in [1.165, 1.54) is 23.3 Å². The van der Waals surface area contributed by atoms with Gasteiger partial charge in [0.05, 0.1) is 6.04 Å². The Balaban J connectivity index is 2.18. The van der Waals surface area contributed by atoms with E-state index in [0.717, 1.165) is 12.1 Å². The molecule has 2 aromatic rings. The normalized spacial score (nSPS) is 11.9. The van der Waals surface area contributed by atoms with Gasteiger partial charge in [0.15, 0.2) is 0 Å². The van der Waals surface area contributed by atoms with Crippen LogP contribution in [0, 0.1) is 12.7 Å². The lowest BCUT2D eigenvalue weighted by Gasteiger charge is -2.19. The lowest BCUT2D eigenvalue weighted by atomic mass is 10.0. The molecular weight excluding hydrogens is 237 g/mol. The highest BCUT2D eigenvalue weighted by molar-refractivity contribution is 5.45. The predicted molar refractivity (Wildman–Crippen MR) is 78.8 cm³/mol. The van der Waals surface area contributed by atoms with Gasteiger partial charge in [0, 0.05) is 5.69 Å². The highest BCUT2D eigenvalue weighted by Gasteiger charge is 2.09. The Bertz CT molecular complexity index is 528. The Morgan fingerprint density at radius 3 is 2.32 bits per heavy atom. The molecule has 0 aromatic heterocycles.